The zero-order valence-corrected chi connectivity index (χ0v) is 19.6. The normalized spacial score (nSPS) is 13.8. The lowest BCUT2D eigenvalue weighted by atomic mass is 10.0. The highest BCUT2D eigenvalue weighted by Crippen LogP contribution is 2.45. The van der Waals surface area contributed by atoms with E-state index in [1.54, 1.807) is 30.3 Å². The van der Waals surface area contributed by atoms with Gasteiger partial charge in [-0.1, -0.05) is 76.7 Å². The molecule has 0 saturated carbocycles. The molecule has 0 aromatic heterocycles. The minimum absolute atomic E-state index is 0.00996. The predicted molar refractivity (Wildman–Crippen MR) is 126 cm³/mol. The molecule has 0 unspecified atom stereocenters. The summed E-state index contributed by atoms with van der Waals surface area (Å²) in [6, 6.07) is 12.6. The van der Waals surface area contributed by atoms with Gasteiger partial charge in [-0.2, -0.15) is 0 Å². The molecule has 0 saturated heterocycles. The minimum Gasteiger partial charge on any atom is -0.324 e. The summed E-state index contributed by atoms with van der Waals surface area (Å²) in [5.74, 6) is -2.79. The van der Waals surface area contributed by atoms with Crippen LogP contribution in [0, 0.1) is 5.82 Å². The first-order valence-corrected chi connectivity index (χ1v) is 11.1. The van der Waals surface area contributed by atoms with Crippen molar-refractivity contribution in [1.29, 1.82) is 0 Å². The molecular formula is C23H13Cl4FN2O3. The van der Waals surface area contributed by atoms with E-state index < -0.39 is 29.6 Å². The van der Waals surface area contributed by atoms with Gasteiger partial charge in [0.2, 0.25) is 5.91 Å². The van der Waals surface area contributed by atoms with E-state index in [1.165, 1.54) is 24.3 Å². The maximum atomic E-state index is 13.3. The average Bonchev–Trinajstić information content (AvgIpc) is 3.07. The third-order valence-electron chi connectivity index (χ3n) is 5.13. The van der Waals surface area contributed by atoms with Crippen LogP contribution in [0.15, 0.2) is 54.6 Å². The summed E-state index contributed by atoms with van der Waals surface area (Å²) in [4.78, 5) is 40.7. The lowest BCUT2D eigenvalue weighted by Gasteiger charge is -2.25. The second-order valence-corrected chi connectivity index (χ2v) is 8.70. The summed E-state index contributed by atoms with van der Waals surface area (Å²) in [6.07, 6.45) is 0.00996. The van der Waals surface area contributed by atoms with Gasteiger partial charge in [0.25, 0.3) is 11.8 Å². The zero-order chi connectivity index (χ0) is 23.9. The van der Waals surface area contributed by atoms with Gasteiger partial charge in [0, 0.05) is 12.1 Å². The first-order valence-electron chi connectivity index (χ1n) is 9.55. The molecule has 3 amide bonds. The molecule has 1 aliphatic rings. The highest BCUT2D eigenvalue weighted by molar-refractivity contribution is 6.55. The van der Waals surface area contributed by atoms with E-state index in [4.69, 9.17) is 46.4 Å². The van der Waals surface area contributed by atoms with E-state index in [-0.39, 0.29) is 37.6 Å². The molecule has 33 heavy (non-hydrogen) atoms. The van der Waals surface area contributed by atoms with Crippen molar-refractivity contribution in [3.63, 3.8) is 0 Å². The van der Waals surface area contributed by atoms with Crippen LogP contribution < -0.4 is 5.32 Å². The van der Waals surface area contributed by atoms with E-state index in [1.807, 2.05) is 0 Å². The number of rotatable bonds is 5. The van der Waals surface area contributed by atoms with Gasteiger partial charge in [-0.25, -0.2) is 4.39 Å². The number of imide groups is 1. The summed E-state index contributed by atoms with van der Waals surface area (Å²) < 4.78 is 13.3. The van der Waals surface area contributed by atoms with Crippen molar-refractivity contribution in [3.05, 3.63) is 97.2 Å². The van der Waals surface area contributed by atoms with Gasteiger partial charge in [0.1, 0.15) is 11.9 Å². The number of fused-ring (bicyclic) bond motifs is 1. The van der Waals surface area contributed by atoms with Crippen LogP contribution in [0.25, 0.3) is 0 Å². The van der Waals surface area contributed by atoms with E-state index >= 15 is 0 Å². The van der Waals surface area contributed by atoms with Crippen molar-refractivity contribution in [2.45, 2.75) is 12.5 Å². The predicted octanol–water partition coefficient (Wildman–Crippen LogP) is 6.29. The van der Waals surface area contributed by atoms with Gasteiger partial charge in [-0.3, -0.25) is 19.3 Å². The van der Waals surface area contributed by atoms with Crippen molar-refractivity contribution in [2.75, 3.05) is 5.32 Å². The number of halogens is 5. The molecule has 3 aromatic rings. The molecule has 0 aliphatic carbocycles. The molecule has 3 aromatic carbocycles. The van der Waals surface area contributed by atoms with Gasteiger partial charge < -0.3 is 5.32 Å². The monoisotopic (exact) mass is 524 g/mol. The number of hydrogen-bond donors (Lipinski definition) is 1. The number of anilines is 1. The van der Waals surface area contributed by atoms with Gasteiger partial charge in [0.05, 0.1) is 31.2 Å². The Kier molecular flexibility index (Phi) is 6.64. The summed E-state index contributed by atoms with van der Waals surface area (Å²) >= 11 is 24.6. The summed E-state index contributed by atoms with van der Waals surface area (Å²) in [7, 11) is 0. The molecule has 0 spiro atoms. The Hall–Kier alpha value is -2.64. The summed E-state index contributed by atoms with van der Waals surface area (Å²) in [5, 5.41) is 1.84. The van der Waals surface area contributed by atoms with Gasteiger partial charge in [-0.15, -0.1) is 0 Å². The first kappa shape index (κ1) is 23.5. The van der Waals surface area contributed by atoms with Crippen LogP contribution in [-0.4, -0.2) is 28.7 Å². The summed E-state index contributed by atoms with van der Waals surface area (Å²) in [5.41, 5.74) is 0.558. The second-order valence-electron chi connectivity index (χ2n) is 7.19. The fraction of sp³-hybridized carbons (Fsp3) is 0.0870. The van der Waals surface area contributed by atoms with E-state index in [0.29, 0.717) is 11.3 Å². The fourth-order valence-electron chi connectivity index (χ4n) is 3.55. The number of carbonyl (C=O) groups is 3. The second kappa shape index (κ2) is 9.31. The Morgan fingerprint density at radius 3 is 1.85 bits per heavy atom. The quantitative estimate of drug-likeness (QED) is 0.242. The van der Waals surface area contributed by atoms with Crippen molar-refractivity contribution in [1.82, 2.24) is 4.90 Å². The van der Waals surface area contributed by atoms with Crippen LogP contribution in [-0.2, 0) is 11.2 Å². The van der Waals surface area contributed by atoms with Crippen LogP contribution in [0.5, 0.6) is 0 Å². The minimum atomic E-state index is -1.27. The number of hydrogen-bond acceptors (Lipinski definition) is 3. The highest BCUT2D eigenvalue weighted by atomic mass is 35.5. The van der Waals surface area contributed by atoms with Gasteiger partial charge >= 0.3 is 0 Å². The first-order chi connectivity index (χ1) is 15.7. The molecule has 0 fully saturated rings. The van der Waals surface area contributed by atoms with Crippen molar-refractivity contribution in [3.8, 4) is 0 Å². The number of nitrogens with zero attached hydrogens (tertiary/aromatic N) is 1. The third-order valence-corrected chi connectivity index (χ3v) is 6.93. The van der Waals surface area contributed by atoms with E-state index in [0.717, 1.165) is 4.90 Å². The Bertz CT molecular complexity index is 1240. The molecule has 168 valence electrons. The Labute approximate surface area is 208 Å². The topological polar surface area (TPSA) is 66.5 Å². The number of nitrogens with one attached hydrogen (secondary N) is 1. The number of benzene rings is 3. The van der Waals surface area contributed by atoms with Crippen LogP contribution in [0.4, 0.5) is 10.1 Å². The molecule has 4 rings (SSSR count). The lowest BCUT2D eigenvalue weighted by Crippen LogP contribution is -2.48. The maximum Gasteiger partial charge on any atom is 0.263 e. The molecule has 0 radical (unpaired) electrons. The highest BCUT2D eigenvalue weighted by Gasteiger charge is 2.46. The molecular weight excluding hydrogens is 513 g/mol. The molecule has 10 heteroatoms. The van der Waals surface area contributed by atoms with Crippen molar-refractivity contribution < 1.29 is 18.8 Å². The fourth-order valence-corrected chi connectivity index (χ4v) is 4.56. The van der Waals surface area contributed by atoms with Crippen LogP contribution in [0.2, 0.25) is 20.1 Å². The lowest BCUT2D eigenvalue weighted by molar-refractivity contribution is -0.119. The van der Waals surface area contributed by atoms with Crippen LogP contribution in [0.3, 0.4) is 0 Å². The largest absolute Gasteiger partial charge is 0.324 e. The van der Waals surface area contributed by atoms with Gasteiger partial charge in [-0.05, 0) is 29.8 Å². The molecule has 1 N–H and O–H groups in total. The van der Waals surface area contributed by atoms with E-state index in [2.05, 4.69) is 5.32 Å². The molecule has 1 aliphatic heterocycles. The Morgan fingerprint density at radius 1 is 0.818 bits per heavy atom. The standard InChI is InChI=1S/C23H13Cl4FN2O3/c24-17-15-16(18(25)20(27)19(17)26)23(33)30(22(15)32)14(10-11-4-2-1-3-5-11)21(31)29-13-8-6-12(28)7-9-13/h1-9,14H,10H2,(H,29,31)/t14-/m0/s1. The molecule has 1 atom stereocenters. The molecule has 1 heterocycles. The Balaban J connectivity index is 1.76. The van der Waals surface area contributed by atoms with E-state index in [9.17, 15) is 18.8 Å². The van der Waals surface area contributed by atoms with Crippen molar-refractivity contribution in [2.24, 2.45) is 0 Å². The number of amides is 3. The van der Waals surface area contributed by atoms with Crippen molar-refractivity contribution >= 4 is 69.8 Å². The molecule has 0 bridgehead atoms. The average molecular weight is 526 g/mol. The van der Waals surface area contributed by atoms with Gasteiger partial charge in [0.15, 0.2) is 0 Å². The SMILES string of the molecule is O=C(Nc1ccc(F)cc1)[C@H](Cc1ccccc1)N1C(=O)c2c(Cl)c(Cl)c(Cl)c(Cl)c2C1=O. The summed E-state index contributed by atoms with van der Waals surface area (Å²) in [6.45, 7) is 0. The maximum absolute atomic E-state index is 13.3. The zero-order valence-electron chi connectivity index (χ0n) is 16.5. The van der Waals surface area contributed by atoms with Crippen LogP contribution in [0.1, 0.15) is 26.3 Å². The van der Waals surface area contributed by atoms with Crippen LogP contribution >= 0.6 is 46.4 Å². The smallest absolute Gasteiger partial charge is 0.263 e. The third kappa shape index (κ3) is 4.32. The Morgan fingerprint density at radius 2 is 1.33 bits per heavy atom. The molecule has 5 nitrogen and oxygen atoms in total. The number of carbonyl (C=O) groups excluding carboxylic acids is 3.